The Labute approximate surface area is 117 Å². The third-order valence-electron chi connectivity index (χ3n) is 2.73. The first-order valence-corrected chi connectivity index (χ1v) is 7.34. The van der Waals surface area contributed by atoms with Crippen LogP contribution in [-0.2, 0) is 10.0 Å². The fourth-order valence-electron chi connectivity index (χ4n) is 1.62. The van der Waals surface area contributed by atoms with Crippen molar-refractivity contribution in [3.8, 4) is 0 Å². The van der Waals surface area contributed by atoms with Gasteiger partial charge >= 0.3 is 0 Å². The maximum atomic E-state index is 12.4. The minimum absolute atomic E-state index is 0.0796. The molecule has 0 fully saturated rings. The van der Waals surface area contributed by atoms with E-state index in [2.05, 4.69) is 0 Å². The summed E-state index contributed by atoms with van der Waals surface area (Å²) < 4.78 is 26.1. The summed E-state index contributed by atoms with van der Waals surface area (Å²) in [7, 11) is -2.20. The summed E-state index contributed by atoms with van der Waals surface area (Å²) in [5.74, 6) is 0. The largest absolute Gasteiger partial charge is 0.399 e. The summed E-state index contributed by atoms with van der Waals surface area (Å²) in [6.07, 6.45) is 0. The Balaban J connectivity index is 2.45. The van der Waals surface area contributed by atoms with E-state index in [1.807, 2.05) is 0 Å². The van der Waals surface area contributed by atoms with Crippen molar-refractivity contribution in [2.24, 2.45) is 0 Å². The monoisotopic (exact) mass is 296 g/mol. The average molecular weight is 297 g/mol. The number of nitrogens with two attached hydrogens (primary N) is 1. The lowest BCUT2D eigenvalue weighted by atomic mass is 10.3. The SMILES string of the molecule is CN(c1ccc(N)cc1)S(=O)(=O)c1ccccc1Cl. The van der Waals surface area contributed by atoms with Crippen molar-refractivity contribution in [1.29, 1.82) is 0 Å². The Morgan fingerprint density at radius 2 is 1.63 bits per heavy atom. The number of nitrogens with zero attached hydrogens (tertiary/aromatic N) is 1. The topological polar surface area (TPSA) is 63.4 Å². The van der Waals surface area contributed by atoms with Crippen LogP contribution in [0.25, 0.3) is 0 Å². The first kappa shape index (κ1) is 13.7. The quantitative estimate of drug-likeness (QED) is 0.886. The molecule has 2 N–H and O–H groups in total. The maximum absolute atomic E-state index is 12.4. The van der Waals surface area contributed by atoms with Gasteiger partial charge < -0.3 is 5.73 Å². The van der Waals surface area contributed by atoms with Gasteiger partial charge in [-0.3, -0.25) is 4.31 Å². The molecule has 0 heterocycles. The van der Waals surface area contributed by atoms with Gasteiger partial charge in [0.25, 0.3) is 10.0 Å². The number of anilines is 2. The molecule has 0 unspecified atom stereocenters. The van der Waals surface area contributed by atoms with E-state index in [0.717, 1.165) is 0 Å². The van der Waals surface area contributed by atoms with E-state index in [1.165, 1.54) is 17.4 Å². The fraction of sp³-hybridized carbons (Fsp3) is 0.0769. The molecule has 0 aliphatic heterocycles. The van der Waals surface area contributed by atoms with Crippen LogP contribution in [0.15, 0.2) is 53.4 Å². The van der Waals surface area contributed by atoms with E-state index in [0.29, 0.717) is 11.4 Å². The summed E-state index contributed by atoms with van der Waals surface area (Å²) in [5, 5.41) is 0.199. The Kier molecular flexibility index (Phi) is 3.68. The van der Waals surface area contributed by atoms with Crippen LogP contribution in [0.2, 0.25) is 5.02 Å². The Bertz CT molecular complexity index is 684. The van der Waals surface area contributed by atoms with Gasteiger partial charge in [0, 0.05) is 12.7 Å². The van der Waals surface area contributed by atoms with Crippen molar-refractivity contribution >= 4 is 33.0 Å². The van der Waals surface area contributed by atoms with E-state index in [-0.39, 0.29) is 9.92 Å². The molecule has 0 aliphatic rings. The Hall–Kier alpha value is -1.72. The third-order valence-corrected chi connectivity index (χ3v) is 5.02. The summed E-state index contributed by atoms with van der Waals surface area (Å²) in [4.78, 5) is 0.0796. The molecule has 0 bridgehead atoms. The number of sulfonamides is 1. The van der Waals surface area contributed by atoms with Crippen molar-refractivity contribution in [3.05, 3.63) is 53.6 Å². The molecule has 6 heteroatoms. The normalized spacial score (nSPS) is 11.3. The molecule has 4 nitrogen and oxygen atoms in total. The van der Waals surface area contributed by atoms with Crippen LogP contribution in [0.4, 0.5) is 11.4 Å². The second kappa shape index (κ2) is 5.11. The highest BCUT2D eigenvalue weighted by Crippen LogP contribution is 2.27. The number of halogens is 1. The minimum Gasteiger partial charge on any atom is -0.399 e. The molecule has 2 aromatic rings. The predicted molar refractivity (Wildman–Crippen MR) is 77.9 cm³/mol. The van der Waals surface area contributed by atoms with Gasteiger partial charge in [0.2, 0.25) is 0 Å². The maximum Gasteiger partial charge on any atom is 0.265 e. The van der Waals surface area contributed by atoms with Crippen LogP contribution in [-0.4, -0.2) is 15.5 Å². The van der Waals surface area contributed by atoms with Crippen molar-refractivity contribution in [2.45, 2.75) is 4.90 Å². The van der Waals surface area contributed by atoms with E-state index in [1.54, 1.807) is 42.5 Å². The zero-order valence-electron chi connectivity index (χ0n) is 10.2. The Morgan fingerprint density at radius 3 is 2.21 bits per heavy atom. The van der Waals surface area contributed by atoms with Gasteiger partial charge in [0.15, 0.2) is 0 Å². The summed E-state index contributed by atoms with van der Waals surface area (Å²) in [6.45, 7) is 0. The number of hydrogen-bond donors (Lipinski definition) is 1. The van der Waals surface area contributed by atoms with Crippen molar-refractivity contribution in [1.82, 2.24) is 0 Å². The Morgan fingerprint density at radius 1 is 1.05 bits per heavy atom. The highest BCUT2D eigenvalue weighted by Gasteiger charge is 2.23. The molecule has 0 aromatic heterocycles. The van der Waals surface area contributed by atoms with Gasteiger partial charge in [0.1, 0.15) is 4.90 Å². The predicted octanol–water partition coefficient (Wildman–Crippen LogP) is 2.75. The van der Waals surface area contributed by atoms with E-state index >= 15 is 0 Å². The van der Waals surface area contributed by atoms with Gasteiger partial charge in [-0.2, -0.15) is 0 Å². The zero-order valence-corrected chi connectivity index (χ0v) is 11.8. The van der Waals surface area contributed by atoms with Crippen LogP contribution < -0.4 is 10.0 Å². The highest BCUT2D eigenvalue weighted by atomic mass is 35.5. The zero-order chi connectivity index (χ0) is 14.0. The molecule has 0 atom stereocenters. The minimum atomic E-state index is -3.67. The molecule has 0 saturated heterocycles. The van der Waals surface area contributed by atoms with Gasteiger partial charge in [-0.25, -0.2) is 8.42 Å². The van der Waals surface area contributed by atoms with Crippen LogP contribution >= 0.6 is 11.6 Å². The first-order chi connectivity index (χ1) is 8.93. The average Bonchev–Trinajstić information content (AvgIpc) is 2.39. The summed E-state index contributed by atoms with van der Waals surface area (Å²) in [5.41, 5.74) is 6.68. The summed E-state index contributed by atoms with van der Waals surface area (Å²) in [6, 6.07) is 12.9. The number of hydrogen-bond acceptors (Lipinski definition) is 3. The van der Waals surface area contributed by atoms with Crippen molar-refractivity contribution in [3.63, 3.8) is 0 Å². The highest BCUT2D eigenvalue weighted by molar-refractivity contribution is 7.93. The van der Waals surface area contributed by atoms with E-state index in [4.69, 9.17) is 17.3 Å². The fourth-order valence-corrected chi connectivity index (χ4v) is 3.31. The lowest BCUT2D eigenvalue weighted by Crippen LogP contribution is -2.26. The standard InChI is InChI=1S/C13H13ClN2O2S/c1-16(11-8-6-10(15)7-9-11)19(17,18)13-5-3-2-4-12(13)14/h2-9H,15H2,1H3. The van der Waals surface area contributed by atoms with Crippen LogP contribution in [0, 0.1) is 0 Å². The molecule has 2 aromatic carbocycles. The molecular formula is C13H13ClN2O2S. The molecule has 0 aliphatic carbocycles. The summed E-state index contributed by atoms with van der Waals surface area (Å²) >= 11 is 5.94. The van der Waals surface area contributed by atoms with Crippen molar-refractivity contribution in [2.75, 3.05) is 17.1 Å². The molecular weight excluding hydrogens is 284 g/mol. The lowest BCUT2D eigenvalue weighted by Gasteiger charge is -2.20. The molecule has 19 heavy (non-hydrogen) atoms. The van der Waals surface area contributed by atoms with Crippen LogP contribution in [0.5, 0.6) is 0 Å². The molecule has 2 rings (SSSR count). The third kappa shape index (κ3) is 2.67. The van der Waals surface area contributed by atoms with Gasteiger partial charge in [-0.15, -0.1) is 0 Å². The molecule has 0 amide bonds. The smallest absolute Gasteiger partial charge is 0.265 e. The van der Waals surface area contributed by atoms with Gasteiger partial charge in [-0.05, 0) is 36.4 Å². The second-order valence-electron chi connectivity index (χ2n) is 3.99. The molecule has 0 spiro atoms. The van der Waals surface area contributed by atoms with Crippen LogP contribution in [0.3, 0.4) is 0 Å². The van der Waals surface area contributed by atoms with Crippen LogP contribution in [0.1, 0.15) is 0 Å². The second-order valence-corrected chi connectivity index (χ2v) is 6.34. The lowest BCUT2D eigenvalue weighted by molar-refractivity contribution is 0.594. The van der Waals surface area contributed by atoms with Crippen molar-refractivity contribution < 1.29 is 8.42 Å². The number of benzene rings is 2. The van der Waals surface area contributed by atoms with Gasteiger partial charge in [-0.1, -0.05) is 23.7 Å². The molecule has 0 saturated carbocycles. The van der Waals surface area contributed by atoms with E-state index < -0.39 is 10.0 Å². The number of nitrogen functional groups attached to an aromatic ring is 1. The first-order valence-electron chi connectivity index (χ1n) is 5.52. The van der Waals surface area contributed by atoms with Gasteiger partial charge in [0.05, 0.1) is 10.7 Å². The molecule has 100 valence electrons. The molecule has 0 radical (unpaired) electrons. The van der Waals surface area contributed by atoms with E-state index in [9.17, 15) is 8.42 Å². The number of rotatable bonds is 3.